The van der Waals surface area contributed by atoms with Crippen LogP contribution < -0.4 is 0 Å². The molecule has 1 aromatic carbocycles. The van der Waals surface area contributed by atoms with Crippen LogP contribution in [0.15, 0.2) is 22.7 Å². The Balaban J connectivity index is 1.93. The fourth-order valence-corrected chi connectivity index (χ4v) is 2.88. The van der Waals surface area contributed by atoms with Crippen LogP contribution in [0.4, 0.5) is 4.79 Å². The van der Waals surface area contributed by atoms with E-state index in [0.29, 0.717) is 5.92 Å². The number of nitrogens with zero attached hydrogens (tertiary/aromatic N) is 4. The predicted octanol–water partition coefficient (Wildman–Crippen LogP) is 2.89. The number of aromatic nitrogens is 3. The molecule has 19 heavy (non-hydrogen) atoms. The van der Waals surface area contributed by atoms with Crippen LogP contribution in [0.1, 0.15) is 19.8 Å². The highest BCUT2D eigenvalue weighted by atomic mass is 79.9. The smallest absolute Gasteiger partial charge is 0.323 e. The highest BCUT2D eigenvalue weighted by Gasteiger charge is 2.24. The summed E-state index contributed by atoms with van der Waals surface area (Å²) in [6, 6.07) is 5.56. The molecule has 0 N–H and O–H groups in total. The summed E-state index contributed by atoms with van der Waals surface area (Å²) < 4.78 is 2.34. The standard InChI is InChI=1S/C13H15BrN4O/c1-9-3-2-6-17(8-9)13(19)18-12-5-4-10(14)7-11(12)15-16-18/h4-5,7,9H,2-3,6,8H2,1H3. The second-order valence-corrected chi connectivity index (χ2v) is 6.03. The molecule has 0 radical (unpaired) electrons. The molecule has 0 saturated carbocycles. The van der Waals surface area contributed by atoms with Crippen molar-refractivity contribution in [1.29, 1.82) is 0 Å². The summed E-state index contributed by atoms with van der Waals surface area (Å²) in [6.07, 6.45) is 2.25. The zero-order valence-corrected chi connectivity index (χ0v) is 12.3. The molecule has 1 aliphatic rings. The lowest BCUT2D eigenvalue weighted by Crippen LogP contribution is -2.41. The van der Waals surface area contributed by atoms with Crippen molar-refractivity contribution in [1.82, 2.24) is 19.9 Å². The molecule has 1 aliphatic heterocycles. The lowest BCUT2D eigenvalue weighted by atomic mass is 10.0. The number of carbonyl (C=O) groups excluding carboxylic acids is 1. The van der Waals surface area contributed by atoms with Crippen molar-refractivity contribution in [2.75, 3.05) is 13.1 Å². The van der Waals surface area contributed by atoms with Crippen molar-refractivity contribution < 1.29 is 4.79 Å². The summed E-state index contributed by atoms with van der Waals surface area (Å²) in [5.74, 6) is 0.557. The second-order valence-electron chi connectivity index (χ2n) is 5.11. The minimum Gasteiger partial charge on any atom is -0.323 e. The molecule has 1 atom stereocenters. The summed E-state index contributed by atoms with van der Waals surface area (Å²) >= 11 is 3.39. The van der Waals surface area contributed by atoms with E-state index >= 15 is 0 Å². The minimum atomic E-state index is -0.0728. The van der Waals surface area contributed by atoms with Gasteiger partial charge in [-0.05, 0) is 37.0 Å². The number of piperidine rings is 1. The summed E-state index contributed by atoms with van der Waals surface area (Å²) in [4.78, 5) is 14.3. The Bertz CT molecular complexity index is 624. The fourth-order valence-electron chi connectivity index (χ4n) is 2.54. The van der Waals surface area contributed by atoms with Crippen LogP contribution >= 0.6 is 15.9 Å². The lowest BCUT2D eigenvalue weighted by Gasteiger charge is -2.30. The van der Waals surface area contributed by atoms with E-state index in [9.17, 15) is 4.79 Å². The molecule has 1 saturated heterocycles. The Labute approximate surface area is 119 Å². The molecule has 1 aromatic heterocycles. The van der Waals surface area contributed by atoms with Crippen molar-refractivity contribution in [3.8, 4) is 0 Å². The van der Waals surface area contributed by atoms with Gasteiger partial charge in [-0.1, -0.05) is 28.1 Å². The first-order valence-corrected chi connectivity index (χ1v) is 7.24. The van der Waals surface area contributed by atoms with Crippen molar-refractivity contribution in [3.63, 3.8) is 0 Å². The minimum absolute atomic E-state index is 0.0728. The Kier molecular flexibility index (Phi) is 3.26. The molecule has 5 nitrogen and oxygen atoms in total. The van der Waals surface area contributed by atoms with Gasteiger partial charge in [-0.15, -0.1) is 5.10 Å². The van der Waals surface area contributed by atoms with Gasteiger partial charge in [0.2, 0.25) is 0 Å². The SMILES string of the molecule is CC1CCCN(C(=O)n2nnc3cc(Br)ccc32)C1. The Hall–Kier alpha value is -1.43. The van der Waals surface area contributed by atoms with Gasteiger partial charge in [-0.3, -0.25) is 0 Å². The number of carbonyl (C=O) groups is 1. The number of amides is 1. The van der Waals surface area contributed by atoms with Crippen molar-refractivity contribution in [2.45, 2.75) is 19.8 Å². The lowest BCUT2D eigenvalue weighted by molar-refractivity contribution is 0.169. The number of likely N-dealkylation sites (tertiary alicyclic amines) is 1. The first-order chi connectivity index (χ1) is 9.15. The number of fused-ring (bicyclic) bond motifs is 1. The molecular weight excluding hydrogens is 308 g/mol. The molecule has 2 heterocycles. The molecule has 1 amide bonds. The average Bonchev–Trinajstić information content (AvgIpc) is 2.80. The van der Waals surface area contributed by atoms with E-state index < -0.39 is 0 Å². The van der Waals surface area contributed by atoms with Gasteiger partial charge in [0.25, 0.3) is 0 Å². The molecule has 2 aromatic rings. The molecule has 0 bridgehead atoms. The average molecular weight is 323 g/mol. The fraction of sp³-hybridized carbons (Fsp3) is 0.462. The maximum Gasteiger partial charge on any atom is 0.346 e. The van der Waals surface area contributed by atoms with E-state index in [4.69, 9.17) is 0 Å². The summed E-state index contributed by atoms with van der Waals surface area (Å²) in [7, 11) is 0. The Morgan fingerprint density at radius 3 is 3.11 bits per heavy atom. The van der Waals surface area contributed by atoms with E-state index in [0.717, 1.165) is 35.0 Å². The van der Waals surface area contributed by atoms with E-state index in [1.54, 1.807) is 0 Å². The third kappa shape index (κ3) is 2.36. The molecule has 0 aliphatic carbocycles. The second kappa shape index (κ2) is 4.92. The van der Waals surface area contributed by atoms with Gasteiger partial charge in [0, 0.05) is 17.6 Å². The normalized spacial score (nSPS) is 19.9. The summed E-state index contributed by atoms with van der Waals surface area (Å²) in [6.45, 7) is 3.79. The van der Waals surface area contributed by atoms with Gasteiger partial charge in [-0.25, -0.2) is 4.79 Å². The van der Waals surface area contributed by atoms with Crippen LogP contribution in [-0.4, -0.2) is 39.0 Å². The van der Waals surface area contributed by atoms with Crippen LogP contribution in [0.3, 0.4) is 0 Å². The Morgan fingerprint density at radius 1 is 1.47 bits per heavy atom. The van der Waals surface area contributed by atoms with Crippen molar-refractivity contribution >= 4 is 33.0 Å². The quantitative estimate of drug-likeness (QED) is 0.749. The number of rotatable bonds is 0. The molecule has 100 valence electrons. The van der Waals surface area contributed by atoms with Crippen LogP contribution in [0.5, 0.6) is 0 Å². The number of hydrogen-bond donors (Lipinski definition) is 0. The monoisotopic (exact) mass is 322 g/mol. The first kappa shape index (κ1) is 12.6. The van der Waals surface area contributed by atoms with Crippen LogP contribution in [0.2, 0.25) is 0 Å². The Morgan fingerprint density at radius 2 is 2.32 bits per heavy atom. The van der Waals surface area contributed by atoms with Crippen molar-refractivity contribution in [3.05, 3.63) is 22.7 Å². The first-order valence-electron chi connectivity index (χ1n) is 6.45. The zero-order valence-electron chi connectivity index (χ0n) is 10.7. The molecular formula is C13H15BrN4O. The van der Waals surface area contributed by atoms with Gasteiger partial charge >= 0.3 is 6.03 Å². The van der Waals surface area contributed by atoms with Gasteiger partial charge in [0.15, 0.2) is 0 Å². The highest BCUT2D eigenvalue weighted by molar-refractivity contribution is 9.10. The van der Waals surface area contributed by atoms with Gasteiger partial charge < -0.3 is 4.90 Å². The number of halogens is 1. The predicted molar refractivity (Wildman–Crippen MR) is 76.0 cm³/mol. The van der Waals surface area contributed by atoms with E-state index in [1.165, 1.54) is 11.1 Å². The van der Waals surface area contributed by atoms with Crippen LogP contribution in [0, 0.1) is 5.92 Å². The zero-order chi connectivity index (χ0) is 13.4. The molecule has 6 heteroatoms. The number of benzene rings is 1. The summed E-state index contributed by atoms with van der Waals surface area (Å²) in [5.41, 5.74) is 1.49. The molecule has 3 rings (SSSR count). The maximum atomic E-state index is 12.5. The van der Waals surface area contributed by atoms with Crippen LogP contribution in [-0.2, 0) is 0 Å². The molecule has 1 unspecified atom stereocenters. The largest absolute Gasteiger partial charge is 0.346 e. The van der Waals surface area contributed by atoms with Gasteiger partial charge in [-0.2, -0.15) is 4.68 Å². The van der Waals surface area contributed by atoms with E-state index in [1.807, 2.05) is 23.1 Å². The topological polar surface area (TPSA) is 51.0 Å². The molecule has 1 fully saturated rings. The van der Waals surface area contributed by atoms with Gasteiger partial charge in [0.1, 0.15) is 5.52 Å². The third-order valence-electron chi connectivity index (χ3n) is 3.52. The van der Waals surface area contributed by atoms with Crippen LogP contribution in [0.25, 0.3) is 11.0 Å². The van der Waals surface area contributed by atoms with Gasteiger partial charge in [0.05, 0.1) is 5.52 Å². The number of hydrogen-bond acceptors (Lipinski definition) is 3. The highest BCUT2D eigenvalue weighted by Crippen LogP contribution is 2.20. The molecule has 0 spiro atoms. The summed E-state index contributed by atoms with van der Waals surface area (Å²) in [5, 5.41) is 8.04. The van der Waals surface area contributed by atoms with E-state index in [-0.39, 0.29) is 6.03 Å². The maximum absolute atomic E-state index is 12.5. The third-order valence-corrected chi connectivity index (χ3v) is 4.01. The van der Waals surface area contributed by atoms with Crippen molar-refractivity contribution in [2.24, 2.45) is 5.92 Å². The van der Waals surface area contributed by atoms with E-state index in [2.05, 4.69) is 33.2 Å².